The lowest BCUT2D eigenvalue weighted by molar-refractivity contribution is -0.127. The Balaban J connectivity index is 1.44. The van der Waals surface area contributed by atoms with Crippen LogP contribution < -0.4 is 0 Å². The minimum atomic E-state index is -0.219. The molecule has 0 aliphatic carbocycles. The van der Waals surface area contributed by atoms with E-state index in [4.69, 9.17) is 0 Å². The number of nitrogens with one attached hydrogen (secondary N) is 1. The van der Waals surface area contributed by atoms with E-state index in [1.165, 1.54) is 29.5 Å². The highest BCUT2D eigenvalue weighted by molar-refractivity contribution is 8.15. The zero-order valence-electron chi connectivity index (χ0n) is 13.5. The number of likely N-dealkylation sites (tertiary alicyclic amines) is 1. The first-order chi connectivity index (χ1) is 11.7. The Bertz CT molecular complexity index is 766. The number of carbonyl (C=O) groups excluding carboxylic acids is 2. The smallest absolute Gasteiger partial charge is 0.289 e. The van der Waals surface area contributed by atoms with E-state index in [0.717, 1.165) is 42.5 Å². The molecule has 2 aliphatic rings. The fourth-order valence-electron chi connectivity index (χ4n) is 3.59. The predicted octanol–water partition coefficient (Wildman–Crippen LogP) is 3.22. The van der Waals surface area contributed by atoms with Gasteiger partial charge in [0, 0.05) is 17.1 Å². The maximum atomic E-state index is 12.7. The van der Waals surface area contributed by atoms with Crippen LogP contribution in [-0.4, -0.2) is 50.8 Å². The van der Waals surface area contributed by atoms with Crippen molar-refractivity contribution in [2.45, 2.75) is 31.1 Å². The number of imide groups is 1. The fourth-order valence-corrected chi connectivity index (χ4v) is 4.57. The average Bonchev–Trinajstić information content (AvgIpc) is 3.30. The molecule has 0 saturated carbocycles. The first-order valence-corrected chi connectivity index (χ1v) is 9.40. The second kappa shape index (κ2) is 6.61. The number of thioether (sulfide) groups is 1. The van der Waals surface area contributed by atoms with E-state index in [2.05, 4.69) is 9.88 Å². The van der Waals surface area contributed by atoms with Crippen molar-refractivity contribution < 1.29 is 9.59 Å². The first kappa shape index (κ1) is 15.7. The van der Waals surface area contributed by atoms with Crippen LogP contribution in [0, 0.1) is 0 Å². The van der Waals surface area contributed by atoms with Crippen molar-refractivity contribution in [3.63, 3.8) is 0 Å². The van der Waals surface area contributed by atoms with E-state index in [1.807, 2.05) is 30.5 Å². The van der Waals surface area contributed by atoms with E-state index < -0.39 is 0 Å². The summed E-state index contributed by atoms with van der Waals surface area (Å²) in [5.41, 5.74) is 2.04. The Kier molecular flexibility index (Phi) is 4.33. The van der Waals surface area contributed by atoms with Crippen molar-refractivity contribution in [3.8, 4) is 0 Å². The second-order valence-corrected chi connectivity index (χ2v) is 7.64. The summed E-state index contributed by atoms with van der Waals surface area (Å²) in [6, 6.07) is 7.93. The summed E-state index contributed by atoms with van der Waals surface area (Å²) in [6.07, 6.45) is 5.14. The topological polar surface area (TPSA) is 56.4 Å². The number of hydrogen-bond donors (Lipinski definition) is 1. The van der Waals surface area contributed by atoms with E-state index in [-0.39, 0.29) is 16.4 Å². The lowest BCUT2D eigenvalue weighted by atomic mass is 10.1. The lowest BCUT2D eigenvalue weighted by Crippen LogP contribution is -2.32. The summed E-state index contributed by atoms with van der Waals surface area (Å²) >= 11 is 1.19. The Morgan fingerprint density at radius 3 is 2.83 bits per heavy atom. The third-order valence-electron chi connectivity index (χ3n) is 4.92. The highest BCUT2D eigenvalue weighted by Gasteiger charge is 2.39. The minimum Gasteiger partial charge on any atom is -0.361 e. The van der Waals surface area contributed by atoms with Gasteiger partial charge in [-0.1, -0.05) is 23.9 Å². The Hall–Kier alpha value is -1.79. The Labute approximate surface area is 145 Å². The van der Waals surface area contributed by atoms with Gasteiger partial charge in [-0.25, -0.2) is 0 Å². The molecule has 2 amide bonds. The standard InChI is InChI=1S/C18H21N3O2S/c22-17-16(7-11-20-9-1-2-10-20)24-18(23)21(17)12-13-4-3-5-15-14(13)6-8-19-15/h3-6,8,16,19H,1-2,7,9-12H2. The summed E-state index contributed by atoms with van der Waals surface area (Å²) in [5, 5.41) is 0.742. The van der Waals surface area contributed by atoms with Crippen LogP contribution in [0.2, 0.25) is 0 Å². The highest BCUT2D eigenvalue weighted by atomic mass is 32.2. The van der Waals surface area contributed by atoms with Crippen molar-refractivity contribution in [2.75, 3.05) is 19.6 Å². The maximum absolute atomic E-state index is 12.7. The van der Waals surface area contributed by atoms with Crippen molar-refractivity contribution in [1.82, 2.24) is 14.8 Å². The largest absolute Gasteiger partial charge is 0.361 e. The van der Waals surface area contributed by atoms with E-state index in [9.17, 15) is 9.59 Å². The van der Waals surface area contributed by atoms with Crippen molar-refractivity contribution >= 4 is 33.8 Å². The molecule has 126 valence electrons. The van der Waals surface area contributed by atoms with Crippen molar-refractivity contribution in [2.24, 2.45) is 0 Å². The number of aromatic amines is 1. The van der Waals surface area contributed by atoms with E-state index in [0.29, 0.717) is 6.54 Å². The number of carbonyl (C=O) groups is 2. The van der Waals surface area contributed by atoms with Gasteiger partial charge in [0.1, 0.15) is 0 Å². The van der Waals surface area contributed by atoms with Crippen molar-refractivity contribution in [3.05, 3.63) is 36.0 Å². The molecule has 2 fully saturated rings. The quantitative estimate of drug-likeness (QED) is 0.906. The van der Waals surface area contributed by atoms with Crippen LogP contribution in [0.3, 0.4) is 0 Å². The number of nitrogens with zero attached hydrogens (tertiary/aromatic N) is 2. The van der Waals surface area contributed by atoms with Gasteiger partial charge in [-0.2, -0.15) is 0 Å². The SMILES string of the molecule is O=C1SC(CCN2CCCC2)C(=O)N1Cc1cccc2[nH]ccc12. The molecule has 2 aliphatic heterocycles. The number of rotatable bonds is 5. The van der Waals surface area contributed by atoms with Gasteiger partial charge < -0.3 is 9.88 Å². The molecule has 5 nitrogen and oxygen atoms in total. The zero-order chi connectivity index (χ0) is 16.5. The van der Waals surface area contributed by atoms with Crippen LogP contribution in [-0.2, 0) is 11.3 Å². The van der Waals surface area contributed by atoms with Gasteiger partial charge in [-0.05, 0) is 56.6 Å². The highest BCUT2D eigenvalue weighted by Crippen LogP contribution is 2.32. The van der Waals surface area contributed by atoms with Crippen LogP contribution in [0.1, 0.15) is 24.8 Å². The number of aromatic nitrogens is 1. The molecule has 6 heteroatoms. The van der Waals surface area contributed by atoms with Crippen LogP contribution in [0.25, 0.3) is 10.9 Å². The summed E-state index contributed by atoms with van der Waals surface area (Å²) in [7, 11) is 0. The molecule has 1 aromatic heterocycles. The average molecular weight is 343 g/mol. The lowest BCUT2D eigenvalue weighted by Gasteiger charge is -2.17. The van der Waals surface area contributed by atoms with E-state index >= 15 is 0 Å². The molecule has 1 aromatic carbocycles. The van der Waals surface area contributed by atoms with Gasteiger partial charge >= 0.3 is 0 Å². The molecule has 4 rings (SSSR count). The Morgan fingerprint density at radius 1 is 1.17 bits per heavy atom. The third-order valence-corrected chi connectivity index (χ3v) is 6.07. The molecule has 2 aromatic rings. The number of benzene rings is 1. The van der Waals surface area contributed by atoms with Crippen LogP contribution in [0.4, 0.5) is 4.79 Å². The zero-order valence-corrected chi connectivity index (χ0v) is 14.3. The maximum Gasteiger partial charge on any atom is 0.289 e. The van der Waals surface area contributed by atoms with Crippen LogP contribution in [0.15, 0.2) is 30.5 Å². The molecular weight excluding hydrogens is 322 g/mol. The Morgan fingerprint density at radius 2 is 2.00 bits per heavy atom. The third kappa shape index (κ3) is 2.96. The van der Waals surface area contributed by atoms with E-state index in [1.54, 1.807) is 0 Å². The molecule has 0 bridgehead atoms. The number of hydrogen-bond acceptors (Lipinski definition) is 4. The first-order valence-electron chi connectivity index (χ1n) is 8.52. The normalized spacial score (nSPS) is 22.2. The summed E-state index contributed by atoms with van der Waals surface area (Å²) in [6.45, 7) is 3.52. The van der Waals surface area contributed by atoms with Crippen LogP contribution in [0.5, 0.6) is 0 Å². The van der Waals surface area contributed by atoms with Gasteiger partial charge in [0.25, 0.3) is 5.24 Å². The van der Waals surface area contributed by atoms with Gasteiger partial charge in [-0.15, -0.1) is 0 Å². The summed E-state index contributed by atoms with van der Waals surface area (Å²) < 4.78 is 0. The molecular formula is C18H21N3O2S. The van der Waals surface area contributed by atoms with Gasteiger partial charge in [0.05, 0.1) is 11.8 Å². The number of H-pyrrole nitrogens is 1. The molecule has 1 N–H and O–H groups in total. The molecule has 0 spiro atoms. The minimum absolute atomic E-state index is 0.0308. The molecule has 2 saturated heterocycles. The molecule has 0 radical (unpaired) electrons. The molecule has 1 unspecified atom stereocenters. The molecule has 3 heterocycles. The number of amides is 2. The summed E-state index contributed by atoms with van der Waals surface area (Å²) in [5.74, 6) is -0.0308. The van der Waals surface area contributed by atoms with Gasteiger partial charge in [0.2, 0.25) is 5.91 Å². The predicted molar refractivity (Wildman–Crippen MR) is 95.9 cm³/mol. The number of fused-ring (bicyclic) bond motifs is 1. The molecule has 1 atom stereocenters. The molecule has 24 heavy (non-hydrogen) atoms. The van der Waals surface area contributed by atoms with Gasteiger partial charge in [0.15, 0.2) is 0 Å². The van der Waals surface area contributed by atoms with Gasteiger partial charge in [-0.3, -0.25) is 14.5 Å². The fraction of sp³-hybridized carbons (Fsp3) is 0.444. The summed E-state index contributed by atoms with van der Waals surface area (Å²) in [4.78, 5) is 32.0. The van der Waals surface area contributed by atoms with Crippen molar-refractivity contribution in [1.29, 1.82) is 0 Å². The van der Waals surface area contributed by atoms with Crippen LogP contribution >= 0.6 is 11.8 Å². The second-order valence-electron chi connectivity index (χ2n) is 6.49. The monoisotopic (exact) mass is 343 g/mol.